The van der Waals surface area contributed by atoms with E-state index in [9.17, 15) is 9.46 Å². The molecule has 1 aliphatic rings. The van der Waals surface area contributed by atoms with Gasteiger partial charge in [0.05, 0.1) is 12.1 Å². The molecule has 0 aromatic heterocycles. The van der Waals surface area contributed by atoms with Crippen LogP contribution in [0.15, 0.2) is 146 Å². The van der Waals surface area contributed by atoms with Gasteiger partial charge in [-0.1, -0.05) is 121 Å². The van der Waals surface area contributed by atoms with Gasteiger partial charge in [0.2, 0.25) is 0 Å². The number of rotatable bonds is 4. The fourth-order valence-electron chi connectivity index (χ4n) is 5.90. The Hall–Kier alpha value is -4.37. The van der Waals surface area contributed by atoms with Gasteiger partial charge in [-0.3, -0.25) is 9.34 Å². The lowest BCUT2D eigenvalue weighted by Gasteiger charge is -2.30. The highest BCUT2D eigenvalue weighted by Crippen LogP contribution is 2.69. The summed E-state index contributed by atoms with van der Waals surface area (Å²) in [6.45, 7) is 0. The van der Waals surface area contributed by atoms with Crippen LogP contribution in [0.1, 0.15) is 23.2 Å². The van der Waals surface area contributed by atoms with Crippen LogP contribution < -0.4 is 9.34 Å². The molecule has 1 N–H and O–H groups in total. The van der Waals surface area contributed by atoms with Crippen molar-refractivity contribution in [2.24, 2.45) is 0 Å². The van der Waals surface area contributed by atoms with E-state index in [1.807, 2.05) is 109 Å². The van der Waals surface area contributed by atoms with E-state index in [2.05, 4.69) is 36.4 Å². The molecule has 0 aliphatic carbocycles. The van der Waals surface area contributed by atoms with Gasteiger partial charge >= 0.3 is 7.67 Å². The third-order valence-electron chi connectivity index (χ3n) is 7.66. The predicted molar refractivity (Wildman–Crippen MR) is 161 cm³/mol. The Balaban J connectivity index is 1.50. The van der Waals surface area contributed by atoms with Crippen LogP contribution >= 0.6 is 7.67 Å². The maximum absolute atomic E-state index is 14.9. The topological polar surface area (TPSA) is 43.8 Å². The average molecular weight is 527 g/mol. The molecule has 2 atom stereocenters. The summed E-state index contributed by atoms with van der Waals surface area (Å²) in [6, 6.07) is 47.6. The minimum atomic E-state index is -4.14. The zero-order chi connectivity index (χ0) is 26.4. The molecule has 1 heterocycles. The smallest absolute Gasteiger partial charge is 0.313 e. The molecule has 1 saturated heterocycles. The molecule has 0 bridgehead atoms. The molecule has 0 radical (unpaired) electrons. The Morgan fingerprint density at radius 3 is 1.23 bits per heavy atom. The number of hydrogen-bond acceptors (Lipinski definition) is 1. The van der Waals surface area contributed by atoms with Gasteiger partial charge in [-0.2, -0.15) is 0 Å². The van der Waals surface area contributed by atoms with Crippen molar-refractivity contribution in [1.29, 1.82) is 0 Å². The summed E-state index contributed by atoms with van der Waals surface area (Å²) < 4.78 is 18.4. The Morgan fingerprint density at radius 2 is 0.821 bits per heavy atom. The van der Waals surface area contributed by atoms with E-state index in [1.165, 1.54) is 0 Å². The van der Waals surface area contributed by atoms with Gasteiger partial charge in [0.25, 0.3) is 0 Å². The summed E-state index contributed by atoms with van der Waals surface area (Å²) in [5.74, 6) is 0. The van der Waals surface area contributed by atoms with Crippen LogP contribution in [0.4, 0.5) is 11.4 Å². The lowest BCUT2D eigenvalue weighted by molar-refractivity contribution is 0.476. The molecule has 6 aromatic carbocycles. The Morgan fingerprint density at radius 1 is 0.462 bits per heavy atom. The molecule has 6 aromatic rings. The van der Waals surface area contributed by atoms with Gasteiger partial charge < -0.3 is 4.89 Å². The number of hydrogen-bond donors (Lipinski definition) is 1. The molecule has 0 unspecified atom stereocenters. The first-order valence-corrected chi connectivity index (χ1v) is 14.7. The first kappa shape index (κ1) is 23.7. The molecule has 1 fully saturated rings. The van der Waals surface area contributed by atoms with E-state index in [-0.39, 0.29) is 0 Å². The van der Waals surface area contributed by atoms with E-state index in [4.69, 9.17) is 0 Å². The molecule has 0 saturated carbocycles. The van der Waals surface area contributed by atoms with Crippen molar-refractivity contribution in [3.05, 3.63) is 157 Å². The van der Waals surface area contributed by atoms with E-state index < -0.39 is 19.8 Å². The standard InChI is InChI=1S/C34H27N2O2P/c37-39(38)35(31-21-19-25-11-7-9-17-29(25)23-31)33(27-13-3-1-4-14-27)34(28-15-5-2-6-16-28)36(39)32-22-20-26-12-8-10-18-30(26)24-32/h1-24,33-34H,(H,37,38)/t33-,34-/m1/s1. The van der Waals surface area contributed by atoms with Gasteiger partial charge in [-0.15, -0.1) is 0 Å². The Kier molecular flexibility index (Phi) is 5.73. The summed E-state index contributed by atoms with van der Waals surface area (Å²) >= 11 is 0. The first-order valence-electron chi connectivity index (χ1n) is 13.1. The van der Waals surface area contributed by atoms with Crippen LogP contribution in [-0.4, -0.2) is 4.89 Å². The number of nitrogens with zero attached hydrogens (tertiary/aromatic N) is 2. The van der Waals surface area contributed by atoms with Crippen molar-refractivity contribution in [3.8, 4) is 0 Å². The summed E-state index contributed by atoms with van der Waals surface area (Å²) in [4.78, 5) is 12.2. The van der Waals surface area contributed by atoms with Crippen LogP contribution in [0, 0.1) is 0 Å². The molecule has 39 heavy (non-hydrogen) atoms. The molecule has 190 valence electrons. The molecule has 0 amide bonds. The Bertz CT molecular complexity index is 1710. The average Bonchev–Trinajstić information content (AvgIpc) is 3.24. The van der Waals surface area contributed by atoms with Gasteiger partial charge in [0.1, 0.15) is 0 Å². The summed E-state index contributed by atoms with van der Waals surface area (Å²) in [6.07, 6.45) is 0. The summed E-state index contributed by atoms with van der Waals surface area (Å²) in [7, 11) is -4.14. The van der Waals surface area contributed by atoms with E-state index >= 15 is 0 Å². The van der Waals surface area contributed by atoms with E-state index in [1.54, 1.807) is 9.34 Å². The van der Waals surface area contributed by atoms with Crippen LogP contribution in [-0.2, 0) is 4.57 Å². The second-order valence-corrected chi connectivity index (χ2v) is 11.9. The first-order chi connectivity index (χ1) is 19.1. The van der Waals surface area contributed by atoms with Crippen molar-refractivity contribution in [2.75, 3.05) is 9.34 Å². The van der Waals surface area contributed by atoms with Crippen molar-refractivity contribution >= 4 is 40.6 Å². The minimum absolute atomic E-state index is 0.405. The van der Waals surface area contributed by atoms with Gasteiger partial charge in [-0.05, 0) is 56.9 Å². The van der Waals surface area contributed by atoms with Crippen molar-refractivity contribution in [1.82, 2.24) is 0 Å². The molecule has 4 nitrogen and oxygen atoms in total. The zero-order valence-electron chi connectivity index (χ0n) is 21.2. The van der Waals surface area contributed by atoms with Gasteiger partial charge in [0, 0.05) is 11.4 Å². The van der Waals surface area contributed by atoms with E-state index in [0.717, 1.165) is 44.0 Å². The van der Waals surface area contributed by atoms with Crippen LogP contribution in [0.5, 0.6) is 0 Å². The van der Waals surface area contributed by atoms with Gasteiger partial charge in [-0.25, -0.2) is 4.57 Å². The van der Waals surface area contributed by atoms with Crippen LogP contribution in [0.25, 0.3) is 21.5 Å². The summed E-state index contributed by atoms with van der Waals surface area (Å²) in [5.41, 5.74) is 3.41. The maximum atomic E-state index is 14.9. The van der Waals surface area contributed by atoms with Gasteiger partial charge in [0.15, 0.2) is 0 Å². The third kappa shape index (κ3) is 4.01. The number of benzene rings is 6. The van der Waals surface area contributed by atoms with E-state index in [0.29, 0.717) is 0 Å². The molecule has 0 spiro atoms. The van der Waals surface area contributed by atoms with Crippen LogP contribution in [0.2, 0.25) is 0 Å². The normalized spacial score (nSPS) is 18.6. The highest BCUT2D eigenvalue weighted by Gasteiger charge is 2.56. The SMILES string of the molecule is O=P1(O)N(c2ccc3ccccc3c2)[C@H](c2ccccc2)[C@@H](c2ccccc2)N1c1ccc2ccccc2c1. The predicted octanol–water partition coefficient (Wildman–Crippen LogP) is 8.90. The largest absolute Gasteiger partial charge is 0.395 e. The molecular formula is C34H27N2O2P. The Labute approximate surface area is 227 Å². The highest BCUT2D eigenvalue weighted by atomic mass is 31.2. The van der Waals surface area contributed by atoms with Crippen molar-refractivity contribution < 1.29 is 9.46 Å². The zero-order valence-corrected chi connectivity index (χ0v) is 22.1. The second-order valence-electron chi connectivity index (χ2n) is 9.98. The number of fused-ring (bicyclic) bond motifs is 2. The lowest BCUT2D eigenvalue weighted by Crippen LogP contribution is -2.23. The summed E-state index contributed by atoms with van der Waals surface area (Å²) in [5, 5.41) is 4.25. The molecule has 5 heteroatoms. The maximum Gasteiger partial charge on any atom is 0.395 e. The fraction of sp³-hybridized carbons (Fsp3) is 0.0588. The van der Waals surface area contributed by atoms with Crippen molar-refractivity contribution in [2.45, 2.75) is 12.1 Å². The number of anilines is 2. The minimum Gasteiger partial charge on any atom is -0.313 e. The fourth-order valence-corrected chi connectivity index (χ4v) is 8.13. The molecule has 1 aliphatic heterocycles. The van der Waals surface area contributed by atoms with Crippen molar-refractivity contribution in [3.63, 3.8) is 0 Å². The monoisotopic (exact) mass is 526 g/mol. The third-order valence-corrected chi connectivity index (χ3v) is 9.75. The highest BCUT2D eigenvalue weighted by molar-refractivity contribution is 7.62. The molecular weight excluding hydrogens is 499 g/mol. The quantitative estimate of drug-likeness (QED) is 0.233. The second kappa shape index (κ2) is 9.43. The molecule has 7 rings (SSSR count). The van der Waals surface area contributed by atoms with Crippen LogP contribution in [0.3, 0.4) is 0 Å². The lowest BCUT2D eigenvalue weighted by atomic mass is 9.92.